The van der Waals surface area contributed by atoms with Gasteiger partial charge < -0.3 is 25.3 Å². The second kappa shape index (κ2) is 10.0. The first-order valence-corrected chi connectivity index (χ1v) is 8.23. The highest BCUT2D eigenvalue weighted by molar-refractivity contribution is 5.88. The Kier molecular flexibility index (Phi) is 7.37. The number of anilines is 1. The molecule has 25 heavy (non-hydrogen) atoms. The van der Waals surface area contributed by atoms with Gasteiger partial charge in [-0.25, -0.2) is 0 Å². The zero-order chi connectivity index (χ0) is 17.9. The van der Waals surface area contributed by atoms with Gasteiger partial charge in [0, 0.05) is 51.2 Å². The van der Waals surface area contributed by atoms with E-state index in [2.05, 4.69) is 25.5 Å². The molecule has 0 saturated heterocycles. The highest BCUT2D eigenvalue weighted by Gasteiger charge is 2.00. The number of carbonyl (C=O) groups is 1. The fourth-order valence-electron chi connectivity index (χ4n) is 2.25. The lowest BCUT2D eigenvalue weighted by Gasteiger charge is -2.13. The predicted octanol–water partition coefficient (Wildman–Crippen LogP) is 1.69. The lowest BCUT2D eigenvalue weighted by molar-refractivity contribution is -0.114. The van der Waals surface area contributed by atoms with Crippen molar-refractivity contribution in [1.82, 2.24) is 15.2 Å². The smallest absolute Gasteiger partial charge is 0.221 e. The topological polar surface area (TPSA) is 79.7 Å². The minimum absolute atomic E-state index is 0.103. The average molecular weight is 343 g/mol. The maximum Gasteiger partial charge on any atom is 0.221 e. The molecule has 1 aromatic carbocycles. The first kappa shape index (κ1) is 18.4. The van der Waals surface area contributed by atoms with Gasteiger partial charge in [-0.05, 0) is 24.3 Å². The Hall–Kier alpha value is -2.96. The molecule has 2 rings (SSSR count). The van der Waals surface area contributed by atoms with Gasteiger partial charge in [0.15, 0.2) is 5.96 Å². The van der Waals surface area contributed by atoms with Crippen LogP contribution >= 0.6 is 0 Å². The quantitative estimate of drug-likeness (QED) is 0.387. The van der Waals surface area contributed by atoms with Gasteiger partial charge in [-0.3, -0.25) is 9.79 Å². The number of hydrogen-bond donors (Lipinski definition) is 3. The van der Waals surface area contributed by atoms with E-state index in [1.165, 1.54) is 6.92 Å². The lowest BCUT2D eigenvalue weighted by atomic mass is 10.3. The molecular formula is C18H25N5O2. The van der Waals surface area contributed by atoms with Gasteiger partial charge in [0.2, 0.25) is 5.91 Å². The van der Waals surface area contributed by atoms with E-state index in [1.54, 1.807) is 13.1 Å². The Balaban J connectivity index is 1.66. The van der Waals surface area contributed by atoms with Gasteiger partial charge in [-0.1, -0.05) is 6.07 Å². The molecule has 0 radical (unpaired) electrons. The molecule has 0 aliphatic rings. The van der Waals surface area contributed by atoms with Crippen LogP contribution in [0.3, 0.4) is 0 Å². The van der Waals surface area contributed by atoms with E-state index in [0.29, 0.717) is 18.9 Å². The van der Waals surface area contributed by atoms with Gasteiger partial charge in [0.25, 0.3) is 0 Å². The number of carbonyl (C=O) groups excluding carboxylic acids is 1. The Morgan fingerprint density at radius 3 is 2.64 bits per heavy atom. The SMILES string of the molecule is CN=C(NCCOc1cccc(NC(C)=O)c1)NCCn1cccc1. The second-order valence-corrected chi connectivity index (χ2v) is 5.40. The van der Waals surface area contributed by atoms with Gasteiger partial charge in [0.05, 0.1) is 6.54 Å². The number of nitrogens with zero attached hydrogens (tertiary/aromatic N) is 2. The normalized spacial score (nSPS) is 11.0. The summed E-state index contributed by atoms with van der Waals surface area (Å²) in [7, 11) is 1.74. The summed E-state index contributed by atoms with van der Waals surface area (Å²) in [5, 5.41) is 9.19. The highest BCUT2D eigenvalue weighted by Crippen LogP contribution is 2.16. The van der Waals surface area contributed by atoms with E-state index in [1.807, 2.05) is 42.7 Å². The van der Waals surface area contributed by atoms with Crippen molar-refractivity contribution in [3.8, 4) is 5.75 Å². The molecule has 0 unspecified atom stereocenters. The van der Waals surface area contributed by atoms with Crippen molar-refractivity contribution in [3.63, 3.8) is 0 Å². The molecule has 0 fully saturated rings. The summed E-state index contributed by atoms with van der Waals surface area (Å²) in [6, 6.07) is 11.3. The highest BCUT2D eigenvalue weighted by atomic mass is 16.5. The van der Waals surface area contributed by atoms with Gasteiger partial charge in [0.1, 0.15) is 12.4 Å². The van der Waals surface area contributed by atoms with Crippen molar-refractivity contribution in [2.24, 2.45) is 4.99 Å². The van der Waals surface area contributed by atoms with Crippen molar-refractivity contribution >= 4 is 17.6 Å². The Morgan fingerprint density at radius 2 is 1.92 bits per heavy atom. The Labute approximate surface area is 148 Å². The van der Waals surface area contributed by atoms with Crippen molar-refractivity contribution in [3.05, 3.63) is 48.8 Å². The Morgan fingerprint density at radius 1 is 1.16 bits per heavy atom. The van der Waals surface area contributed by atoms with Crippen LogP contribution in [-0.4, -0.2) is 43.2 Å². The number of aromatic nitrogens is 1. The standard InChI is InChI=1S/C18H25N5O2/c1-15(24)22-16-6-5-7-17(14-16)25-13-9-21-18(19-2)20-8-12-23-10-3-4-11-23/h3-7,10-11,14H,8-9,12-13H2,1-2H3,(H,22,24)(H2,19,20,21). The maximum absolute atomic E-state index is 11.1. The molecule has 1 amide bonds. The van der Waals surface area contributed by atoms with E-state index < -0.39 is 0 Å². The molecule has 3 N–H and O–H groups in total. The third kappa shape index (κ3) is 6.99. The number of aliphatic imine (C=N–C) groups is 1. The molecule has 0 aliphatic heterocycles. The first-order chi connectivity index (χ1) is 12.2. The average Bonchev–Trinajstić information content (AvgIpc) is 3.10. The maximum atomic E-state index is 11.1. The van der Waals surface area contributed by atoms with Gasteiger partial charge in [-0.2, -0.15) is 0 Å². The molecule has 134 valence electrons. The van der Waals surface area contributed by atoms with E-state index >= 15 is 0 Å². The molecule has 0 atom stereocenters. The molecular weight excluding hydrogens is 318 g/mol. The second-order valence-electron chi connectivity index (χ2n) is 5.40. The fraction of sp³-hybridized carbons (Fsp3) is 0.333. The molecule has 1 aromatic heterocycles. The monoisotopic (exact) mass is 343 g/mol. The third-order valence-electron chi connectivity index (χ3n) is 3.37. The summed E-state index contributed by atoms with van der Waals surface area (Å²) in [4.78, 5) is 15.3. The minimum Gasteiger partial charge on any atom is -0.492 e. The Bertz CT molecular complexity index is 683. The zero-order valence-corrected chi connectivity index (χ0v) is 14.7. The zero-order valence-electron chi connectivity index (χ0n) is 14.7. The summed E-state index contributed by atoms with van der Waals surface area (Å²) in [5.41, 5.74) is 0.723. The van der Waals surface area contributed by atoms with E-state index in [0.717, 1.165) is 24.7 Å². The number of hydrogen-bond acceptors (Lipinski definition) is 3. The summed E-state index contributed by atoms with van der Waals surface area (Å²) in [5.74, 6) is 1.35. The molecule has 7 heteroatoms. The van der Waals surface area contributed by atoms with Crippen LogP contribution in [0.5, 0.6) is 5.75 Å². The molecule has 0 bridgehead atoms. The number of benzene rings is 1. The van der Waals surface area contributed by atoms with Gasteiger partial charge >= 0.3 is 0 Å². The molecule has 0 saturated carbocycles. The molecule has 0 spiro atoms. The van der Waals surface area contributed by atoms with E-state index in [-0.39, 0.29) is 5.91 Å². The predicted molar refractivity (Wildman–Crippen MR) is 100 cm³/mol. The molecule has 0 aliphatic carbocycles. The lowest BCUT2D eigenvalue weighted by Crippen LogP contribution is -2.40. The largest absolute Gasteiger partial charge is 0.492 e. The number of nitrogens with one attached hydrogen (secondary N) is 3. The number of amides is 1. The van der Waals surface area contributed by atoms with Crippen LogP contribution in [0.2, 0.25) is 0 Å². The van der Waals surface area contributed by atoms with Crippen LogP contribution in [-0.2, 0) is 11.3 Å². The molecule has 2 aromatic rings. The number of rotatable bonds is 8. The molecule has 1 heterocycles. The van der Waals surface area contributed by atoms with Crippen LogP contribution in [0.1, 0.15) is 6.92 Å². The summed E-state index contributed by atoms with van der Waals surface area (Å²) in [6.45, 7) is 4.25. The first-order valence-electron chi connectivity index (χ1n) is 8.23. The van der Waals surface area contributed by atoms with Gasteiger partial charge in [-0.15, -0.1) is 0 Å². The van der Waals surface area contributed by atoms with Crippen molar-refractivity contribution in [1.29, 1.82) is 0 Å². The summed E-state index contributed by atoms with van der Waals surface area (Å²) in [6.07, 6.45) is 4.06. The third-order valence-corrected chi connectivity index (χ3v) is 3.37. The molecule has 7 nitrogen and oxygen atoms in total. The number of guanidine groups is 1. The van der Waals surface area contributed by atoms with E-state index in [9.17, 15) is 4.79 Å². The van der Waals surface area contributed by atoms with Crippen LogP contribution < -0.4 is 20.7 Å². The summed E-state index contributed by atoms with van der Waals surface area (Å²) >= 11 is 0. The summed E-state index contributed by atoms with van der Waals surface area (Å²) < 4.78 is 7.79. The fourth-order valence-corrected chi connectivity index (χ4v) is 2.25. The van der Waals surface area contributed by atoms with Crippen molar-refractivity contribution in [2.45, 2.75) is 13.5 Å². The van der Waals surface area contributed by atoms with Crippen LogP contribution in [0, 0.1) is 0 Å². The van der Waals surface area contributed by atoms with Crippen LogP contribution in [0.4, 0.5) is 5.69 Å². The number of ether oxygens (including phenoxy) is 1. The van der Waals surface area contributed by atoms with Crippen LogP contribution in [0.15, 0.2) is 53.8 Å². The minimum atomic E-state index is -0.103. The van der Waals surface area contributed by atoms with Crippen LogP contribution in [0.25, 0.3) is 0 Å². The van der Waals surface area contributed by atoms with Crippen molar-refractivity contribution < 1.29 is 9.53 Å². The van der Waals surface area contributed by atoms with E-state index in [4.69, 9.17) is 4.74 Å². The van der Waals surface area contributed by atoms with Crippen molar-refractivity contribution in [2.75, 3.05) is 32.1 Å².